The summed E-state index contributed by atoms with van der Waals surface area (Å²) in [6.45, 7) is 3.65. The Kier molecular flexibility index (Phi) is 5.88. The number of amides is 1. The number of benzene rings is 1. The summed E-state index contributed by atoms with van der Waals surface area (Å²) >= 11 is 0. The first-order valence-electron chi connectivity index (χ1n) is 6.19. The molecule has 0 radical (unpaired) electrons. The summed E-state index contributed by atoms with van der Waals surface area (Å²) in [5.41, 5.74) is 0.411. The van der Waals surface area contributed by atoms with Crippen LogP contribution in [0.3, 0.4) is 0 Å². The topological polar surface area (TPSA) is 72.5 Å². The van der Waals surface area contributed by atoms with Gasteiger partial charge in [-0.3, -0.25) is 9.00 Å². The lowest BCUT2D eigenvalue weighted by atomic mass is 10.0. The highest BCUT2D eigenvalue weighted by Crippen LogP contribution is 2.09. The van der Waals surface area contributed by atoms with Crippen LogP contribution in [0.25, 0.3) is 0 Å². The van der Waals surface area contributed by atoms with Gasteiger partial charge in [0.1, 0.15) is 6.04 Å². The number of methoxy groups -OCH3 is 1. The molecule has 0 saturated heterocycles. The van der Waals surface area contributed by atoms with E-state index in [2.05, 4.69) is 10.1 Å². The Balaban J connectivity index is 2.84. The van der Waals surface area contributed by atoms with E-state index < -0.39 is 22.8 Å². The number of hydrogen-bond acceptors (Lipinski definition) is 4. The first-order valence-corrected chi connectivity index (χ1v) is 7.74. The van der Waals surface area contributed by atoms with Crippen LogP contribution < -0.4 is 5.32 Å². The molecular weight excluding hydrogens is 278 g/mol. The van der Waals surface area contributed by atoms with E-state index in [1.807, 2.05) is 13.8 Å². The number of rotatable bonds is 5. The van der Waals surface area contributed by atoms with Crippen molar-refractivity contribution in [1.29, 1.82) is 0 Å². The van der Waals surface area contributed by atoms with Crippen LogP contribution in [0.5, 0.6) is 0 Å². The van der Waals surface area contributed by atoms with Crippen molar-refractivity contribution in [2.45, 2.75) is 24.8 Å². The van der Waals surface area contributed by atoms with Gasteiger partial charge in [0.05, 0.1) is 7.11 Å². The standard InChI is InChI=1S/C14H19NO4S/c1-9(2)12(14(17)19-3)15-13(16)10-5-7-11(8-6-10)20(4)18/h5-9,12H,1-4H3,(H,15,16). The predicted molar refractivity (Wildman–Crippen MR) is 76.9 cm³/mol. The lowest BCUT2D eigenvalue weighted by Crippen LogP contribution is -2.45. The molecule has 0 aliphatic rings. The van der Waals surface area contributed by atoms with E-state index in [0.717, 1.165) is 0 Å². The van der Waals surface area contributed by atoms with Gasteiger partial charge in [-0.2, -0.15) is 0 Å². The van der Waals surface area contributed by atoms with Gasteiger partial charge >= 0.3 is 5.97 Å². The summed E-state index contributed by atoms with van der Waals surface area (Å²) in [6.07, 6.45) is 1.57. The zero-order valence-electron chi connectivity index (χ0n) is 12.0. The number of hydrogen-bond donors (Lipinski definition) is 1. The smallest absolute Gasteiger partial charge is 0.328 e. The van der Waals surface area contributed by atoms with Gasteiger partial charge in [0.2, 0.25) is 0 Å². The molecule has 2 unspecified atom stereocenters. The number of carbonyl (C=O) groups is 2. The molecule has 2 atom stereocenters. The highest BCUT2D eigenvalue weighted by atomic mass is 32.2. The second-order valence-electron chi connectivity index (χ2n) is 4.70. The normalized spacial score (nSPS) is 13.7. The lowest BCUT2D eigenvalue weighted by Gasteiger charge is -2.19. The van der Waals surface area contributed by atoms with Gasteiger partial charge in [-0.1, -0.05) is 13.8 Å². The van der Waals surface area contributed by atoms with Crippen molar-refractivity contribution in [3.8, 4) is 0 Å². The van der Waals surface area contributed by atoms with Crippen LogP contribution in [0.4, 0.5) is 0 Å². The minimum Gasteiger partial charge on any atom is -0.467 e. The van der Waals surface area contributed by atoms with Gasteiger partial charge in [-0.05, 0) is 30.2 Å². The predicted octanol–water partition coefficient (Wildman–Crippen LogP) is 1.35. The third kappa shape index (κ3) is 4.16. The lowest BCUT2D eigenvalue weighted by molar-refractivity contribution is -0.144. The van der Waals surface area contributed by atoms with Crippen LogP contribution in [0.2, 0.25) is 0 Å². The summed E-state index contributed by atoms with van der Waals surface area (Å²) in [6, 6.07) is 5.75. The molecular formula is C14H19NO4S. The summed E-state index contributed by atoms with van der Waals surface area (Å²) in [7, 11) is 0.204. The van der Waals surface area contributed by atoms with E-state index in [-0.39, 0.29) is 11.8 Å². The van der Waals surface area contributed by atoms with Crippen LogP contribution >= 0.6 is 0 Å². The first kappa shape index (κ1) is 16.4. The van der Waals surface area contributed by atoms with Crippen molar-refractivity contribution in [3.05, 3.63) is 29.8 Å². The minimum absolute atomic E-state index is 0.0752. The number of nitrogens with one attached hydrogen (secondary N) is 1. The fourth-order valence-electron chi connectivity index (χ4n) is 1.65. The highest BCUT2D eigenvalue weighted by Gasteiger charge is 2.25. The van der Waals surface area contributed by atoms with Crippen molar-refractivity contribution in [1.82, 2.24) is 5.32 Å². The molecule has 1 aromatic rings. The first-order chi connectivity index (χ1) is 9.36. The number of ether oxygens (including phenoxy) is 1. The van der Waals surface area contributed by atoms with Gasteiger partial charge in [0, 0.05) is 27.5 Å². The number of carbonyl (C=O) groups excluding carboxylic acids is 2. The summed E-state index contributed by atoms with van der Waals surface area (Å²) in [5.74, 6) is -0.906. The maximum atomic E-state index is 12.1. The molecule has 0 bridgehead atoms. The molecule has 1 aromatic carbocycles. The Labute approximate surface area is 121 Å². The van der Waals surface area contributed by atoms with Crippen molar-refractivity contribution in [2.75, 3.05) is 13.4 Å². The highest BCUT2D eigenvalue weighted by molar-refractivity contribution is 7.84. The Morgan fingerprint density at radius 1 is 1.20 bits per heavy atom. The Bertz CT molecular complexity index is 510. The van der Waals surface area contributed by atoms with Crippen LogP contribution in [0.1, 0.15) is 24.2 Å². The van der Waals surface area contributed by atoms with Gasteiger partial charge in [-0.25, -0.2) is 4.79 Å². The van der Waals surface area contributed by atoms with Gasteiger partial charge in [-0.15, -0.1) is 0 Å². The summed E-state index contributed by atoms with van der Waals surface area (Å²) < 4.78 is 15.9. The molecule has 1 N–H and O–H groups in total. The average Bonchev–Trinajstić information content (AvgIpc) is 2.43. The van der Waals surface area contributed by atoms with Crippen molar-refractivity contribution < 1.29 is 18.5 Å². The Hall–Kier alpha value is -1.69. The fourth-order valence-corrected chi connectivity index (χ4v) is 2.17. The zero-order chi connectivity index (χ0) is 15.3. The molecule has 0 fully saturated rings. The summed E-state index contributed by atoms with van der Waals surface area (Å²) in [5, 5.41) is 2.64. The molecule has 20 heavy (non-hydrogen) atoms. The van der Waals surface area contributed by atoms with E-state index in [0.29, 0.717) is 10.5 Å². The van der Waals surface area contributed by atoms with E-state index in [1.165, 1.54) is 7.11 Å². The van der Waals surface area contributed by atoms with E-state index >= 15 is 0 Å². The molecule has 1 amide bonds. The molecule has 0 spiro atoms. The maximum absolute atomic E-state index is 12.1. The fraction of sp³-hybridized carbons (Fsp3) is 0.429. The molecule has 5 nitrogen and oxygen atoms in total. The van der Waals surface area contributed by atoms with Crippen LogP contribution in [0.15, 0.2) is 29.2 Å². The van der Waals surface area contributed by atoms with E-state index in [1.54, 1.807) is 30.5 Å². The molecule has 0 aromatic heterocycles. The molecule has 0 aliphatic carbocycles. The van der Waals surface area contributed by atoms with Gasteiger partial charge in [0.15, 0.2) is 0 Å². The Morgan fingerprint density at radius 3 is 2.15 bits per heavy atom. The maximum Gasteiger partial charge on any atom is 0.328 e. The molecule has 0 heterocycles. The average molecular weight is 297 g/mol. The van der Waals surface area contributed by atoms with Crippen molar-refractivity contribution in [3.63, 3.8) is 0 Å². The largest absolute Gasteiger partial charge is 0.467 e. The minimum atomic E-state index is -1.08. The molecule has 6 heteroatoms. The molecule has 110 valence electrons. The summed E-state index contributed by atoms with van der Waals surface area (Å²) in [4.78, 5) is 24.3. The van der Waals surface area contributed by atoms with Crippen molar-refractivity contribution >= 4 is 22.7 Å². The SMILES string of the molecule is COC(=O)C(NC(=O)c1ccc(S(C)=O)cc1)C(C)C. The monoisotopic (exact) mass is 297 g/mol. The van der Waals surface area contributed by atoms with Crippen molar-refractivity contribution in [2.24, 2.45) is 5.92 Å². The quantitative estimate of drug-likeness (QED) is 0.833. The van der Waals surface area contributed by atoms with Crippen LogP contribution in [-0.4, -0.2) is 35.5 Å². The zero-order valence-corrected chi connectivity index (χ0v) is 12.8. The van der Waals surface area contributed by atoms with E-state index in [9.17, 15) is 13.8 Å². The number of esters is 1. The third-order valence-corrected chi connectivity index (χ3v) is 3.79. The second-order valence-corrected chi connectivity index (χ2v) is 6.08. The molecule has 0 saturated carbocycles. The molecule has 0 aliphatic heterocycles. The van der Waals surface area contributed by atoms with Crippen LogP contribution in [0, 0.1) is 5.92 Å². The van der Waals surface area contributed by atoms with Crippen LogP contribution in [-0.2, 0) is 20.3 Å². The van der Waals surface area contributed by atoms with Gasteiger partial charge < -0.3 is 10.1 Å². The second kappa shape index (κ2) is 7.19. The van der Waals surface area contributed by atoms with E-state index in [4.69, 9.17) is 0 Å². The third-order valence-electron chi connectivity index (χ3n) is 2.86. The van der Waals surface area contributed by atoms with Gasteiger partial charge in [0.25, 0.3) is 5.91 Å². The molecule has 1 rings (SSSR count). The Morgan fingerprint density at radius 2 is 1.75 bits per heavy atom.